The number of aryl methyl sites for hydroxylation is 2. The van der Waals surface area contributed by atoms with Crippen molar-refractivity contribution in [3.8, 4) is 5.75 Å². The van der Waals surface area contributed by atoms with Gasteiger partial charge in [-0.1, -0.05) is 29.8 Å². The fourth-order valence-electron chi connectivity index (χ4n) is 4.98. The van der Waals surface area contributed by atoms with Crippen LogP contribution in [0.3, 0.4) is 0 Å². The van der Waals surface area contributed by atoms with Crippen molar-refractivity contribution in [2.75, 3.05) is 19.6 Å². The van der Waals surface area contributed by atoms with Gasteiger partial charge < -0.3 is 10.1 Å². The highest BCUT2D eigenvalue weighted by Gasteiger charge is 2.24. The van der Waals surface area contributed by atoms with Crippen molar-refractivity contribution >= 4 is 28.9 Å². The van der Waals surface area contributed by atoms with Crippen molar-refractivity contribution in [1.82, 2.24) is 9.88 Å². The number of benzene rings is 2. The van der Waals surface area contributed by atoms with Crippen molar-refractivity contribution in [1.29, 1.82) is 0 Å². The second kappa shape index (κ2) is 8.64. The van der Waals surface area contributed by atoms with Crippen LogP contribution >= 0.6 is 12.4 Å². The number of hydrogen-bond donors (Lipinski definition) is 2. The molecule has 1 aliphatic heterocycles. The Bertz CT molecular complexity index is 1040. The van der Waals surface area contributed by atoms with Gasteiger partial charge in [-0.25, -0.2) is 0 Å². The van der Waals surface area contributed by atoms with Crippen LogP contribution < -0.4 is 0 Å². The Kier molecular flexibility index (Phi) is 5.98. The molecule has 0 bridgehead atoms. The van der Waals surface area contributed by atoms with Crippen molar-refractivity contribution in [3.05, 3.63) is 70.9 Å². The molecule has 0 amide bonds. The third-order valence-electron chi connectivity index (χ3n) is 6.48. The summed E-state index contributed by atoms with van der Waals surface area (Å²) in [7, 11) is 0. The summed E-state index contributed by atoms with van der Waals surface area (Å²) in [6, 6.07) is 14.6. The Morgan fingerprint density at radius 3 is 2.83 bits per heavy atom. The molecule has 2 aliphatic rings. The van der Waals surface area contributed by atoms with Crippen LogP contribution in [0.5, 0.6) is 5.75 Å². The number of hydrogen-bond acceptors (Lipinski definition) is 2. The molecule has 0 radical (unpaired) electrons. The van der Waals surface area contributed by atoms with Gasteiger partial charge in [0.25, 0.3) is 0 Å². The number of nitrogens with zero attached hydrogens (tertiary/aromatic N) is 1. The van der Waals surface area contributed by atoms with Gasteiger partial charge in [0.1, 0.15) is 5.75 Å². The highest BCUT2D eigenvalue weighted by atomic mass is 35.5. The molecule has 2 heterocycles. The summed E-state index contributed by atoms with van der Waals surface area (Å²) >= 11 is 0. The minimum absolute atomic E-state index is 0. The van der Waals surface area contributed by atoms with E-state index < -0.39 is 0 Å². The van der Waals surface area contributed by atoms with Crippen LogP contribution in [0.4, 0.5) is 0 Å². The Morgan fingerprint density at radius 1 is 1.00 bits per heavy atom. The van der Waals surface area contributed by atoms with Gasteiger partial charge >= 0.3 is 0 Å². The number of phenols is 1. The van der Waals surface area contributed by atoms with Crippen molar-refractivity contribution in [2.24, 2.45) is 0 Å². The van der Waals surface area contributed by atoms with Gasteiger partial charge in [-0.3, -0.25) is 4.90 Å². The molecule has 0 atom stereocenters. The minimum Gasteiger partial charge on any atom is -0.508 e. The Balaban J connectivity index is 0.00000205. The lowest BCUT2D eigenvalue weighted by Crippen LogP contribution is -2.33. The lowest BCUT2D eigenvalue weighted by Gasteiger charge is -2.34. The predicted octanol–water partition coefficient (Wildman–Crippen LogP) is 5.72. The molecular weight excluding hydrogens is 380 g/mol. The number of rotatable bonds is 5. The molecule has 1 aliphatic carbocycles. The monoisotopic (exact) mass is 408 g/mol. The number of nitrogens with one attached hydrogen (secondary N) is 1. The molecule has 152 valence electrons. The Hall–Kier alpha value is -2.23. The first-order valence-corrected chi connectivity index (χ1v) is 10.6. The standard InChI is InChI=1S/C25H28N2O.ClH/c28-21-10-11-25-24(15-21)19(16-26-25)6-3-4-13-27-14-12-23-20(17-27)9-8-18-5-1-2-7-22(18)23;/h1-2,5,7,10-11,15-16,26,28H,3-4,6,8-9,12-14,17H2;1H. The maximum atomic E-state index is 9.75. The van der Waals surface area contributed by atoms with Crippen molar-refractivity contribution < 1.29 is 5.11 Å². The molecule has 2 N–H and O–H groups in total. The average Bonchev–Trinajstić information content (AvgIpc) is 3.13. The van der Waals surface area contributed by atoms with E-state index >= 15 is 0 Å². The number of aromatic nitrogens is 1. The molecule has 0 saturated carbocycles. The number of unbranched alkanes of at least 4 members (excludes halogenated alkanes) is 1. The fraction of sp³-hybridized carbons (Fsp3) is 0.360. The van der Waals surface area contributed by atoms with Gasteiger partial charge in [-0.05, 0) is 85.5 Å². The summed E-state index contributed by atoms with van der Waals surface area (Å²) in [5.74, 6) is 0.347. The van der Waals surface area contributed by atoms with Gasteiger partial charge in [0.15, 0.2) is 0 Å². The molecule has 0 fully saturated rings. The Labute approximate surface area is 178 Å². The molecule has 0 spiro atoms. The van der Waals surface area contributed by atoms with Crippen molar-refractivity contribution in [3.63, 3.8) is 0 Å². The van der Waals surface area contributed by atoms with Crippen molar-refractivity contribution in [2.45, 2.75) is 38.5 Å². The van der Waals surface area contributed by atoms with E-state index in [0.29, 0.717) is 5.75 Å². The van der Waals surface area contributed by atoms with E-state index in [9.17, 15) is 5.11 Å². The second-order valence-electron chi connectivity index (χ2n) is 8.27. The first-order chi connectivity index (χ1) is 13.8. The number of phenolic OH excluding ortho intramolecular Hbond substituents is 1. The number of aromatic hydroxyl groups is 1. The number of aromatic amines is 1. The topological polar surface area (TPSA) is 39.3 Å². The van der Waals surface area contributed by atoms with E-state index in [-0.39, 0.29) is 12.4 Å². The number of fused-ring (bicyclic) bond motifs is 3. The molecule has 4 heteroatoms. The van der Waals surface area contributed by atoms with Gasteiger partial charge in [0, 0.05) is 30.2 Å². The third kappa shape index (κ3) is 4.08. The van der Waals surface area contributed by atoms with E-state index in [1.54, 1.807) is 22.8 Å². The van der Waals surface area contributed by atoms with Crippen LogP contribution in [0.15, 0.2) is 54.2 Å². The highest BCUT2D eigenvalue weighted by molar-refractivity contribution is 5.85. The van der Waals surface area contributed by atoms with E-state index in [1.807, 2.05) is 12.1 Å². The highest BCUT2D eigenvalue weighted by Crippen LogP contribution is 2.36. The first-order valence-electron chi connectivity index (χ1n) is 10.6. The molecule has 3 nitrogen and oxygen atoms in total. The Morgan fingerprint density at radius 2 is 1.90 bits per heavy atom. The summed E-state index contributed by atoms with van der Waals surface area (Å²) in [6.45, 7) is 3.53. The number of halogens is 1. The van der Waals surface area contributed by atoms with Gasteiger partial charge in [-0.15, -0.1) is 12.4 Å². The molecular formula is C25H29ClN2O. The maximum absolute atomic E-state index is 9.75. The van der Waals surface area contributed by atoms with Crippen LogP contribution in [0.25, 0.3) is 16.5 Å². The van der Waals surface area contributed by atoms with Crippen LogP contribution in [0.2, 0.25) is 0 Å². The van der Waals surface area contributed by atoms with E-state index in [2.05, 4.69) is 40.3 Å². The summed E-state index contributed by atoms with van der Waals surface area (Å²) in [6.07, 6.45) is 9.23. The lowest BCUT2D eigenvalue weighted by molar-refractivity contribution is 0.283. The van der Waals surface area contributed by atoms with Crippen LogP contribution in [0.1, 0.15) is 42.4 Å². The van der Waals surface area contributed by atoms with E-state index in [1.165, 1.54) is 56.3 Å². The molecule has 29 heavy (non-hydrogen) atoms. The average molecular weight is 409 g/mol. The molecule has 5 rings (SSSR count). The first kappa shape index (κ1) is 20.1. The minimum atomic E-state index is 0. The molecule has 0 saturated heterocycles. The van der Waals surface area contributed by atoms with Crippen LogP contribution in [-0.4, -0.2) is 34.6 Å². The second-order valence-corrected chi connectivity index (χ2v) is 8.27. The zero-order chi connectivity index (χ0) is 18.9. The lowest BCUT2D eigenvalue weighted by atomic mass is 9.82. The normalized spacial score (nSPS) is 16.4. The summed E-state index contributed by atoms with van der Waals surface area (Å²) in [5.41, 5.74) is 8.80. The quantitative estimate of drug-likeness (QED) is 0.529. The number of H-pyrrole nitrogens is 1. The SMILES string of the molecule is Cl.Oc1ccc2[nH]cc(CCCCN3CCC4=C(CCc5ccccc54)C3)c2c1. The largest absolute Gasteiger partial charge is 0.508 e. The molecule has 0 unspecified atom stereocenters. The van der Waals surface area contributed by atoms with Gasteiger partial charge in [0.2, 0.25) is 0 Å². The van der Waals surface area contributed by atoms with E-state index in [4.69, 9.17) is 0 Å². The summed E-state index contributed by atoms with van der Waals surface area (Å²) in [5, 5.41) is 10.9. The zero-order valence-corrected chi connectivity index (χ0v) is 17.6. The van der Waals surface area contributed by atoms with E-state index in [0.717, 1.165) is 23.9 Å². The van der Waals surface area contributed by atoms with Crippen LogP contribution in [-0.2, 0) is 12.8 Å². The molecule has 1 aromatic heterocycles. The third-order valence-corrected chi connectivity index (χ3v) is 6.48. The van der Waals surface area contributed by atoms with Crippen LogP contribution in [0, 0.1) is 0 Å². The van der Waals surface area contributed by atoms with Gasteiger partial charge in [0.05, 0.1) is 0 Å². The predicted molar refractivity (Wildman–Crippen MR) is 123 cm³/mol. The fourth-order valence-corrected chi connectivity index (χ4v) is 4.98. The molecule has 3 aromatic rings. The summed E-state index contributed by atoms with van der Waals surface area (Å²) in [4.78, 5) is 5.96. The smallest absolute Gasteiger partial charge is 0.116 e. The van der Waals surface area contributed by atoms with Gasteiger partial charge in [-0.2, -0.15) is 0 Å². The zero-order valence-electron chi connectivity index (χ0n) is 16.8. The maximum Gasteiger partial charge on any atom is 0.116 e. The summed E-state index contributed by atoms with van der Waals surface area (Å²) < 4.78 is 0. The molecule has 2 aromatic carbocycles.